The molecular formula is C11H16F3NO2. The summed E-state index contributed by atoms with van der Waals surface area (Å²) < 4.78 is 31.5. The van der Waals surface area contributed by atoms with Crippen molar-refractivity contribution in [3.05, 3.63) is 12.2 Å². The molecule has 0 radical (unpaired) electrons. The molecule has 0 amide bonds. The maximum atomic E-state index is 10.5. The lowest BCUT2D eigenvalue weighted by Gasteiger charge is -2.28. The second-order valence-electron chi connectivity index (χ2n) is 4.42. The second-order valence-corrected chi connectivity index (χ2v) is 4.42. The van der Waals surface area contributed by atoms with Crippen molar-refractivity contribution in [2.45, 2.75) is 43.8 Å². The Balaban J connectivity index is 0.000000185. The molecule has 6 heteroatoms. The van der Waals surface area contributed by atoms with E-state index in [4.69, 9.17) is 9.90 Å². The first-order valence-electron chi connectivity index (χ1n) is 5.66. The van der Waals surface area contributed by atoms with Gasteiger partial charge in [-0.15, -0.1) is 0 Å². The van der Waals surface area contributed by atoms with Crippen LogP contribution >= 0.6 is 0 Å². The summed E-state index contributed by atoms with van der Waals surface area (Å²) in [6.07, 6.45) is 6.76. The number of nitrogens with two attached hydrogens (primary N) is 1. The van der Waals surface area contributed by atoms with Crippen LogP contribution in [0, 0.1) is 0 Å². The van der Waals surface area contributed by atoms with Crippen LogP contribution in [0.5, 0.6) is 0 Å². The molecule has 2 N–H and O–H groups in total. The Bertz CT molecular complexity index is 294. The molecule has 0 aromatic heterocycles. The van der Waals surface area contributed by atoms with Gasteiger partial charge in [0.25, 0.3) is 0 Å². The molecule has 1 aliphatic carbocycles. The van der Waals surface area contributed by atoms with Crippen molar-refractivity contribution in [3.63, 3.8) is 0 Å². The van der Waals surface area contributed by atoms with E-state index in [1.54, 1.807) is 0 Å². The number of carboxylic acid groups (broad SMARTS) is 1. The molecule has 0 aromatic rings. The minimum atomic E-state index is -5.19. The van der Waals surface area contributed by atoms with Gasteiger partial charge >= 0.3 is 6.18 Å². The highest BCUT2D eigenvalue weighted by Crippen LogP contribution is 2.26. The van der Waals surface area contributed by atoms with Crippen molar-refractivity contribution in [2.75, 3.05) is 6.54 Å². The summed E-state index contributed by atoms with van der Waals surface area (Å²) in [5, 5.41) is 11.3. The Morgan fingerprint density at radius 2 is 1.76 bits per heavy atom. The van der Waals surface area contributed by atoms with Gasteiger partial charge in [0.15, 0.2) is 0 Å². The zero-order valence-electron chi connectivity index (χ0n) is 9.43. The standard InChI is InChI=1S/C9H15N.C2HF3O2/c1-2-5-9(6-3-1)7-4-8-10-9;3-2(4,5)1(6)7/h4,7,10H,1-3,5-6,8H2;(H,6,7). The minimum Gasteiger partial charge on any atom is -0.542 e. The summed E-state index contributed by atoms with van der Waals surface area (Å²) in [4.78, 5) is 8.78. The number of aliphatic carboxylic acids is 1. The van der Waals surface area contributed by atoms with Crippen LogP contribution in [0.15, 0.2) is 12.2 Å². The molecule has 98 valence electrons. The van der Waals surface area contributed by atoms with Crippen LogP contribution < -0.4 is 10.4 Å². The van der Waals surface area contributed by atoms with Gasteiger partial charge < -0.3 is 15.2 Å². The average Bonchev–Trinajstić information content (AvgIpc) is 2.67. The van der Waals surface area contributed by atoms with Crippen LogP contribution in [-0.2, 0) is 4.79 Å². The van der Waals surface area contributed by atoms with Crippen molar-refractivity contribution in [2.24, 2.45) is 0 Å². The van der Waals surface area contributed by atoms with Crippen molar-refractivity contribution in [1.82, 2.24) is 0 Å². The summed E-state index contributed by atoms with van der Waals surface area (Å²) in [6.45, 7) is 1.22. The maximum Gasteiger partial charge on any atom is 0.430 e. The fraction of sp³-hybridized carbons (Fsp3) is 0.727. The van der Waals surface area contributed by atoms with Gasteiger partial charge in [0.1, 0.15) is 11.5 Å². The van der Waals surface area contributed by atoms with Gasteiger partial charge in [0.2, 0.25) is 0 Å². The highest BCUT2D eigenvalue weighted by Gasteiger charge is 2.34. The molecule has 1 saturated carbocycles. The van der Waals surface area contributed by atoms with Gasteiger partial charge in [-0.3, -0.25) is 0 Å². The third-order valence-corrected chi connectivity index (χ3v) is 3.13. The van der Waals surface area contributed by atoms with Crippen molar-refractivity contribution >= 4 is 5.97 Å². The second kappa shape index (κ2) is 5.53. The molecule has 1 aliphatic heterocycles. The van der Waals surface area contributed by atoms with Crippen molar-refractivity contribution in [1.29, 1.82) is 0 Å². The molecule has 0 bridgehead atoms. The summed E-state index contributed by atoms with van der Waals surface area (Å²) in [7, 11) is 0. The van der Waals surface area contributed by atoms with Crippen LogP contribution in [0.4, 0.5) is 13.2 Å². The lowest BCUT2D eigenvalue weighted by Crippen LogP contribution is -2.94. The molecule has 1 heterocycles. The number of rotatable bonds is 0. The first-order valence-corrected chi connectivity index (χ1v) is 5.66. The van der Waals surface area contributed by atoms with Gasteiger partial charge in [-0.2, -0.15) is 13.2 Å². The average molecular weight is 251 g/mol. The summed E-state index contributed by atoms with van der Waals surface area (Å²) in [5.41, 5.74) is 0.568. The van der Waals surface area contributed by atoms with Crippen LogP contribution in [0.1, 0.15) is 32.1 Å². The normalized spacial score (nSPS) is 22.1. The molecule has 0 atom stereocenters. The molecule has 0 saturated heterocycles. The lowest BCUT2D eigenvalue weighted by atomic mass is 9.83. The number of carboxylic acids is 1. The van der Waals surface area contributed by atoms with E-state index in [0.717, 1.165) is 0 Å². The van der Waals surface area contributed by atoms with Crippen LogP contribution in [-0.4, -0.2) is 24.2 Å². The number of carbonyl (C=O) groups is 1. The number of quaternary nitrogens is 1. The molecule has 3 nitrogen and oxygen atoms in total. The number of hydrogen-bond donors (Lipinski definition) is 1. The molecular weight excluding hydrogens is 235 g/mol. The largest absolute Gasteiger partial charge is 0.542 e. The zero-order chi connectivity index (χ0) is 12.9. The number of halogens is 3. The maximum absolute atomic E-state index is 10.5. The van der Waals surface area contributed by atoms with Gasteiger partial charge in [0.05, 0.1) is 6.54 Å². The molecule has 0 unspecified atom stereocenters. The molecule has 0 aromatic carbocycles. The number of hydrogen-bond acceptors (Lipinski definition) is 2. The van der Waals surface area contributed by atoms with E-state index in [1.807, 2.05) is 0 Å². The smallest absolute Gasteiger partial charge is 0.430 e. The number of alkyl halides is 3. The molecule has 1 spiro atoms. The van der Waals surface area contributed by atoms with E-state index >= 15 is 0 Å². The van der Waals surface area contributed by atoms with E-state index in [2.05, 4.69) is 17.5 Å². The monoisotopic (exact) mass is 251 g/mol. The van der Waals surface area contributed by atoms with E-state index in [1.165, 1.54) is 38.6 Å². The Morgan fingerprint density at radius 1 is 1.24 bits per heavy atom. The quantitative estimate of drug-likeness (QED) is 0.622. The molecule has 2 aliphatic rings. The van der Waals surface area contributed by atoms with Crippen LogP contribution in [0.25, 0.3) is 0 Å². The Labute approximate surface area is 97.7 Å². The third kappa shape index (κ3) is 4.38. The molecule has 1 fully saturated rings. The minimum absolute atomic E-state index is 0.568. The fourth-order valence-electron chi connectivity index (χ4n) is 2.25. The SMILES string of the molecule is C1=CC2(CCCCC2)[NH2+]C1.O=C([O-])C(F)(F)F. The fourth-order valence-corrected chi connectivity index (χ4v) is 2.25. The summed E-state index contributed by atoms with van der Waals surface area (Å²) in [5.74, 6) is -3.01. The molecule has 17 heavy (non-hydrogen) atoms. The first-order chi connectivity index (χ1) is 7.86. The van der Waals surface area contributed by atoms with Crippen molar-refractivity contribution < 1.29 is 28.4 Å². The highest BCUT2D eigenvalue weighted by molar-refractivity contribution is 5.70. The van der Waals surface area contributed by atoms with Gasteiger partial charge in [-0.25, -0.2) is 0 Å². The lowest BCUT2D eigenvalue weighted by molar-refractivity contribution is -0.703. The van der Waals surface area contributed by atoms with E-state index in [0.29, 0.717) is 5.54 Å². The highest BCUT2D eigenvalue weighted by atomic mass is 19.4. The van der Waals surface area contributed by atoms with Crippen LogP contribution in [0.2, 0.25) is 0 Å². The Morgan fingerprint density at radius 3 is 2.12 bits per heavy atom. The van der Waals surface area contributed by atoms with Crippen molar-refractivity contribution in [3.8, 4) is 0 Å². The summed E-state index contributed by atoms with van der Waals surface area (Å²) in [6, 6.07) is 0. The van der Waals surface area contributed by atoms with Gasteiger partial charge in [-0.05, 0) is 25.0 Å². The van der Waals surface area contributed by atoms with E-state index in [9.17, 15) is 13.2 Å². The van der Waals surface area contributed by atoms with E-state index < -0.39 is 12.1 Å². The van der Waals surface area contributed by atoms with Gasteiger partial charge in [0, 0.05) is 12.8 Å². The van der Waals surface area contributed by atoms with Gasteiger partial charge in [-0.1, -0.05) is 6.42 Å². The summed E-state index contributed by atoms with van der Waals surface area (Å²) >= 11 is 0. The molecule has 2 rings (SSSR count). The topological polar surface area (TPSA) is 56.7 Å². The van der Waals surface area contributed by atoms with Crippen LogP contribution in [0.3, 0.4) is 0 Å². The number of carbonyl (C=O) groups excluding carboxylic acids is 1. The predicted octanol–water partition coefficient (Wildman–Crippen LogP) is 0.121. The third-order valence-electron chi connectivity index (χ3n) is 3.13. The predicted molar refractivity (Wildman–Crippen MR) is 52.8 cm³/mol. The first kappa shape index (κ1) is 14.0. The van der Waals surface area contributed by atoms with E-state index in [-0.39, 0.29) is 0 Å². The Kier molecular flexibility index (Phi) is 4.56. The Hall–Kier alpha value is -1.04. The zero-order valence-corrected chi connectivity index (χ0v) is 9.43.